The van der Waals surface area contributed by atoms with Gasteiger partial charge in [-0.05, 0) is 55.8 Å². The van der Waals surface area contributed by atoms with Gasteiger partial charge in [0.25, 0.3) is 5.91 Å². The molecule has 1 atom stereocenters. The van der Waals surface area contributed by atoms with E-state index < -0.39 is 29.5 Å². The highest BCUT2D eigenvalue weighted by Crippen LogP contribution is 2.39. The third-order valence-corrected chi connectivity index (χ3v) is 6.95. The molecular weight excluding hydrogens is 460 g/mol. The normalized spacial score (nSPS) is 18.8. The van der Waals surface area contributed by atoms with E-state index in [1.807, 2.05) is 18.2 Å². The van der Waals surface area contributed by atoms with Gasteiger partial charge < -0.3 is 24.1 Å². The number of carbonyl (C=O) groups is 3. The van der Waals surface area contributed by atoms with Gasteiger partial charge in [-0.2, -0.15) is 0 Å². The minimum atomic E-state index is -0.810. The number of methoxy groups -OCH3 is 1. The molecule has 1 N–H and O–H groups in total. The number of aliphatic hydroxyl groups is 1. The van der Waals surface area contributed by atoms with Crippen molar-refractivity contribution in [1.82, 2.24) is 9.80 Å². The molecule has 3 aromatic rings. The molecule has 0 radical (unpaired) electrons. The predicted molar refractivity (Wildman–Crippen MR) is 133 cm³/mol. The number of furan rings is 1. The Balaban J connectivity index is 1.50. The van der Waals surface area contributed by atoms with Gasteiger partial charge in [0.2, 0.25) is 5.78 Å². The number of benzene rings is 2. The van der Waals surface area contributed by atoms with Crippen molar-refractivity contribution < 1.29 is 28.6 Å². The number of ether oxygens (including phenoxy) is 1. The first kappa shape index (κ1) is 23.8. The van der Waals surface area contributed by atoms with Crippen LogP contribution in [0, 0.1) is 0 Å². The zero-order valence-electron chi connectivity index (χ0n) is 20.1. The number of fused-ring (bicyclic) bond motifs is 1. The van der Waals surface area contributed by atoms with Crippen LogP contribution in [0.25, 0.3) is 11.0 Å². The van der Waals surface area contributed by atoms with Gasteiger partial charge in [-0.15, -0.1) is 0 Å². The van der Waals surface area contributed by atoms with Crippen LogP contribution in [0.3, 0.4) is 0 Å². The lowest BCUT2D eigenvalue weighted by Crippen LogP contribution is -2.40. The molecule has 1 fully saturated rings. The van der Waals surface area contributed by atoms with Gasteiger partial charge in [0.05, 0.1) is 24.3 Å². The number of Topliss-reactive ketones (excluding diaryl/α,β-unsaturated/α-hetero) is 1. The Labute approximate surface area is 208 Å². The Bertz CT molecular complexity index is 1300. The number of amides is 1. The third-order valence-electron chi connectivity index (χ3n) is 6.95. The number of rotatable bonds is 7. The SMILES string of the molecule is COC(=O)c1ccc(C2C(C(=O)c3cc4ccccc4o3)=C(O)C(=O)N2CCN2CCCCC2)cc1. The van der Waals surface area contributed by atoms with Crippen molar-refractivity contribution in [3.05, 3.63) is 82.8 Å². The monoisotopic (exact) mass is 488 g/mol. The average Bonchev–Trinajstić information content (AvgIpc) is 3.46. The average molecular weight is 489 g/mol. The van der Waals surface area contributed by atoms with Crippen LogP contribution >= 0.6 is 0 Å². The van der Waals surface area contributed by atoms with Crippen LogP contribution in [-0.2, 0) is 9.53 Å². The van der Waals surface area contributed by atoms with Gasteiger partial charge in [0, 0.05) is 18.5 Å². The van der Waals surface area contributed by atoms with Crippen LogP contribution < -0.4 is 0 Å². The Hall–Kier alpha value is -3.91. The molecule has 0 aliphatic carbocycles. The number of likely N-dealkylation sites (tertiary alicyclic amines) is 1. The van der Waals surface area contributed by atoms with Gasteiger partial charge in [-0.25, -0.2) is 4.79 Å². The van der Waals surface area contributed by atoms with Crippen LogP contribution in [-0.4, -0.2) is 65.9 Å². The van der Waals surface area contributed by atoms with Crippen molar-refractivity contribution in [3.63, 3.8) is 0 Å². The van der Waals surface area contributed by atoms with E-state index in [1.165, 1.54) is 18.4 Å². The quantitative estimate of drug-likeness (QED) is 0.391. The van der Waals surface area contributed by atoms with Crippen molar-refractivity contribution in [3.8, 4) is 0 Å². The van der Waals surface area contributed by atoms with Crippen LogP contribution in [0.4, 0.5) is 0 Å². The van der Waals surface area contributed by atoms with E-state index in [0.29, 0.717) is 29.8 Å². The number of carbonyl (C=O) groups excluding carboxylic acids is 3. The Morgan fingerprint density at radius 3 is 2.44 bits per heavy atom. The molecule has 1 saturated heterocycles. The van der Waals surface area contributed by atoms with Crippen LogP contribution in [0.1, 0.15) is 51.8 Å². The molecule has 36 heavy (non-hydrogen) atoms. The summed E-state index contributed by atoms with van der Waals surface area (Å²) in [6.07, 6.45) is 3.43. The standard InChI is InChI=1S/C28H28N2O6/c1-35-28(34)19-11-9-18(10-12-19)24-23(25(31)22-17-20-7-3-4-8-21(20)36-22)26(32)27(33)30(24)16-15-29-13-5-2-6-14-29/h3-4,7-12,17,24,32H,2,5-6,13-16H2,1H3. The molecule has 2 aromatic carbocycles. The largest absolute Gasteiger partial charge is 0.503 e. The fraction of sp³-hybridized carbons (Fsp3) is 0.321. The van der Waals surface area contributed by atoms with Crippen molar-refractivity contribution >= 4 is 28.6 Å². The fourth-order valence-corrected chi connectivity index (χ4v) is 5.04. The van der Waals surface area contributed by atoms with Crippen molar-refractivity contribution in [2.45, 2.75) is 25.3 Å². The zero-order chi connectivity index (χ0) is 25.2. The topological polar surface area (TPSA) is 100 Å². The summed E-state index contributed by atoms with van der Waals surface area (Å²) in [6.45, 7) is 2.92. The molecule has 2 aliphatic heterocycles. The van der Waals surface area contributed by atoms with Gasteiger partial charge >= 0.3 is 5.97 Å². The highest BCUT2D eigenvalue weighted by molar-refractivity contribution is 6.16. The Kier molecular flexibility index (Phi) is 6.61. The van der Waals surface area contributed by atoms with Crippen LogP contribution in [0.5, 0.6) is 0 Å². The van der Waals surface area contributed by atoms with Crippen molar-refractivity contribution in [1.29, 1.82) is 0 Å². The molecule has 1 unspecified atom stereocenters. The first-order valence-electron chi connectivity index (χ1n) is 12.2. The van der Waals surface area contributed by atoms with Gasteiger partial charge in [0.15, 0.2) is 11.5 Å². The summed E-state index contributed by atoms with van der Waals surface area (Å²) in [5.74, 6) is -2.13. The van der Waals surface area contributed by atoms with E-state index >= 15 is 0 Å². The fourth-order valence-electron chi connectivity index (χ4n) is 5.04. The maximum absolute atomic E-state index is 13.7. The highest BCUT2D eigenvalue weighted by Gasteiger charge is 2.44. The molecule has 5 rings (SSSR count). The number of hydrogen-bond donors (Lipinski definition) is 1. The molecule has 8 heteroatoms. The molecule has 186 valence electrons. The second-order valence-corrected chi connectivity index (χ2v) is 9.16. The minimum absolute atomic E-state index is 0.0245. The molecule has 1 amide bonds. The third kappa shape index (κ3) is 4.40. The summed E-state index contributed by atoms with van der Waals surface area (Å²) in [4.78, 5) is 42.7. The maximum Gasteiger partial charge on any atom is 0.337 e. The summed E-state index contributed by atoms with van der Waals surface area (Å²) in [5, 5.41) is 11.7. The molecule has 0 bridgehead atoms. The van der Waals surface area contributed by atoms with E-state index in [9.17, 15) is 19.5 Å². The van der Waals surface area contributed by atoms with Gasteiger partial charge in [-0.3, -0.25) is 9.59 Å². The molecule has 8 nitrogen and oxygen atoms in total. The number of esters is 1. The summed E-state index contributed by atoms with van der Waals surface area (Å²) >= 11 is 0. The van der Waals surface area contributed by atoms with E-state index in [0.717, 1.165) is 31.3 Å². The van der Waals surface area contributed by atoms with Crippen molar-refractivity contribution in [2.75, 3.05) is 33.3 Å². The predicted octanol–water partition coefficient (Wildman–Crippen LogP) is 4.28. The molecule has 3 heterocycles. The molecule has 2 aliphatic rings. The number of aliphatic hydroxyl groups excluding tert-OH is 1. The minimum Gasteiger partial charge on any atom is -0.503 e. The molecule has 0 spiro atoms. The number of ketones is 1. The molecule has 0 saturated carbocycles. The maximum atomic E-state index is 13.7. The number of nitrogens with zero attached hydrogens (tertiary/aromatic N) is 2. The first-order valence-corrected chi connectivity index (χ1v) is 12.2. The van der Waals surface area contributed by atoms with E-state index in [4.69, 9.17) is 9.15 Å². The van der Waals surface area contributed by atoms with E-state index in [1.54, 1.807) is 36.4 Å². The molecule has 1 aromatic heterocycles. The highest BCUT2D eigenvalue weighted by atomic mass is 16.5. The van der Waals surface area contributed by atoms with Crippen molar-refractivity contribution in [2.24, 2.45) is 0 Å². The Morgan fingerprint density at radius 2 is 1.75 bits per heavy atom. The second kappa shape index (κ2) is 9.99. The number of hydrogen-bond acceptors (Lipinski definition) is 7. The van der Waals surface area contributed by atoms with E-state index in [-0.39, 0.29) is 11.3 Å². The molecular formula is C28H28N2O6. The lowest BCUT2D eigenvalue weighted by Gasteiger charge is -2.31. The van der Waals surface area contributed by atoms with Crippen LogP contribution in [0.2, 0.25) is 0 Å². The summed E-state index contributed by atoms with van der Waals surface area (Å²) < 4.78 is 10.6. The van der Waals surface area contributed by atoms with Gasteiger partial charge in [0.1, 0.15) is 5.58 Å². The van der Waals surface area contributed by atoms with Crippen LogP contribution in [0.15, 0.2) is 70.3 Å². The summed E-state index contributed by atoms with van der Waals surface area (Å²) in [7, 11) is 1.30. The first-order chi connectivity index (χ1) is 17.5. The lowest BCUT2D eigenvalue weighted by molar-refractivity contribution is -0.129. The summed E-state index contributed by atoms with van der Waals surface area (Å²) in [5.41, 5.74) is 1.48. The smallest absolute Gasteiger partial charge is 0.337 e. The van der Waals surface area contributed by atoms with Gasteiger partial charge in [-0.1, -0.05) is 36.8 Å². The lowest BCUT2D eigenvalue weighted by atomic mass is 9.94. The number of piperidine rings is 1. The zero-order valence-corrected chi connectivity index (χ0v) is 20.1. The number of para-hydroxylation sites is 1. The Morgan fingerprint density at radius 1 is 1.03 bits per heavy atom. The van der Waals surface area contributed by atoms with E-state index in [2.05, 4.69) is 4.90 Å². The summed E-state index contributed by atoms with van der Waals surface area (Å²) in [6, 6.07) is 14.6. The second-order valence-electron chi connectivity index (χ2n) is 9.16.